The van der Waals surface area contributed by atoms with Crippen LogP contribution in [0.3, 0.4) is 0 Å². The van der Waals surface area contributed by atoms with Crippen LogP contribution in [0.4, 0.5) is 0 Å². The molecule has 1 heterocycles. The molecular weight excluding hydrogens is 274 g/mol. The van der Waals surface area contributed by atoms with Crippen molar-refractivity contribution in [2.75, 3.05) is 0 Å². The third kappa shape index (κ3) is 2.52. The van der Waals surface area contributed by atoms with Gasteiger partial charge in [0.25, 0.3) is 0 Å². The van der Waals surface area contributed by atoms with E-state index in [1.54, 1.807) is 11.3 Å². The number of rotatable bonds is 3. The van der Waals surface area contributed by atoms with E-state index in [1.807, 2.05) is 24.3 Å². The molecule has 3 aromatic rings. The third-order valence-electron chi connectivity index (χ3n) is 3.31. The van der Waals surface area contributed by atoms with Gasteiger partial charge >= 0.3 is 0 Å². The largest absolute Gasteiger partial charge is 0.324 e. The van der Waals surface area contributed by atoms with Gasteiger partial charge in [-0.15, -0.1) is 11.3 Å². The Bertz CT molecular complexity index is 705. The lowest BCUT2D eigenvalue weighted by atomic mass is 9.99. The van der Waals surface area contributed by atoms with E-state index in [9.17, 15) is 0 Å². The lowest BCUT2D eigenvalue weighted by molar-refractivity contribution is 0.727. The van der Waals surface area contributed by atoms with Gasteiger partial charge in [0, 0.05) is 15.8 Å². The van der Waals surface area contributed by atoms with Crippen molar-refractivity contribution < 1.29 is 0 Å². The number of hydrogen-bond acceptors (Lipinski definition) is 2. The molecule has 96 valence electrons. The molecule has 2 aromatic carbocycles. The number of benzene rings is 2. The highest BCUT2D eigenvalue weighted by atomic mass is 35.5. The summed E-state index contributed by atoms with van der Waals surface area (Å²) < 4.78 is 1.31. The summed E-state index contributed by atoms with van der Waals surface area (Å²) in [5, 5.41) is 4.24. The highest BCUT2D eigenvalue weighted by Gasteiger charge is 2.12. The molecule has 0 amide bonds. The Morgan fingerprint density at radius 3 is 2.63 bits per heavy atom. The van der Waals surface area contributed by atoms with Crippen molar-refractivity contribution in [3.63, 3.8) is 0 Å². The molecule has 19 heavy (non-hydrogen) atoms. The van der Waals surface area contributed by atoms with E-state index in [-0.39, 0.29) is 6.04 Å². The number of halogens is 1. The molecule has 0 saturated heterocycles. The maximum atomic E-state index is 6.30. The van der Waals surface area contributed by atoms with E-state index in [2.05, 4.69) is 29.6 Å². The summed E-state index contributed by atoms with van der Waals surface area (Å²) in [7, 11) is 0. The highest BCUT2D eigenvalue weighted by Crippen LogP contribution is 2.30. The Kier molecular flexibility index (Phi) is 3.56. The minimum absolute atomic E-state index is 0.0632. The zero-order valence-electron chi connectivity index (χ0n) is 10.3. The van der Waals surface area contributed by atoms with Gasteiger partial charge in [0.15, 0.2) is 0 Å². The molecule has 0 aliphatic heterocycles. The molecular formula is C16H14ClNS. The maximum absolute atomic E-state index is 6.30. The van der Waals surface area contributed by atoms with Gasteiger partial charge in [-0.2, -0.15) is 0 Å². The van der Waals surface area contributed by atoms with Crippen molar-refractivity contribution >= 4 is 33.0 Å². The summed E-state index contributed by atoms with van der Waals surface area (Å²) in [5.74, 6) is 0. The summed E-state index contributed by atoms with van der Waals surface area (Å²) >= 11 is 7.97. The first kappa shape index (κ1) is 12.7. The van der Waals surface area contributed by atoms with Crippen LogP contribution < -0.4 is 5.73 Å². The van der Waals surface area contributed by atoms with Crippen LogP contribution >= 0.6 is 22.9 Å². The van der Waals surface area contributed by atoms with Crippen LogP contribution in [0.25, 0.3) is 10.1 Å². The first-order valence-electron chi connectivity index (χ1n) is 6.21. The molecule has 0 aliphatic rings. The smallest absolute Gasteiger partial charge is 0.0453 e. The van der Waals surface area contributed by atoms with Crippen molar-refractivity contribution in [2.24, 2.45) is 5.73 Å². The summed E-state index contributed by atoms with van der Waals surface area (Å²) in [6, 6.07) is 16.2. The monoisotopic (exact) mass is 287 g/mol. The lowest BCUT2D eigenvalue weighted by Gasteiger charge is -2.13. The van der Waals surface area contributed by atoms with Crippen LogP contribution in [0.1, 0.15) is 17.2 Å². The summed E-state index contributed by atoms with van der Waals surface area (Å²) in [5.41, 5.74) is 8.61. The predicted molar refractivity (Wildman–Crippen MR) is 83.9 cm³/mol. The van der Waals surface area contributed by atoms with Crippen LogP contribution in [0.2, 0.25) is 5.02 Å². The molecule has 0 fully saturated rings. The molecule has 3 heteroatoms. The zero-order valence-corrected chi connectivity index (χ0v) is 11.9. The van der Waals surface area contributed by atoms with Gasteiger partial charge in [-0.05, 0) is 40.4 Å². The van der Waals surface area contributed by atoms with Gasteiger partial charge in [0.05, 0.1) is 0 Å². The molecule has 1 nitrogen and oxygen atoms in total. The van der Waals surface area contributed by atoms with Gasteiger partial charge in [0.1, 0.15) is 0 Å². The molecule has 0 saturated carbocycles. The van der Waals surface area contributed by atoms with Crippen LogP contribution in [-0.4, -0.2) is 0 Å². The fraction of sp³-hybridized carbons (Fsp3) is 0.125. The molecule has 2 N–H and O–H groups in total. The van der Waals surface area contributed by atoms with Gasteiger partial charge in [-0.3, -0.25) is 0 Å². The van der Waals surface area contributed by atoms with Crippen molar-refractivity contribution in [3.05, 3.63) is 70.1 Å². The second-order valence-corrected chi connectivity index (χ2v) is 5.91. The second kappa shape index (κ2) is 5.33. The average Bonchev–Trinajstić information content (AvgIpc) is 2.83. The minimum atomic E-state index is -0.0632. The molecule has 1 unspecified atom stereocenters. The first-order chi connectivity index (χ1) is 9.25. The van der Waals surface area contributed by atoms with E-state index in [1.165, 1.54) is 15.6 Å². The van der Waals surface area contributed by atoms with Gasteiger partial charge in [-0.1, -0.05) is 48.0 Å². The Morgan fingerprint density at radius 1 is 1.05 bits per heavy atom. The Hall–Kier alpha value is -1.35. The Morgan fingerprint density at radius 2 is 1.79 bits per heavy atom. The maximum Gasteiger partial charge on any atom is 0.0453 e. The van der Waals surface area contributed by atoms with Crippen molar-refractivity contribution in [1.82, 2.24) is 0 Å². The van der Waals surface area contributed by atoms with Gasteiger partial charge < -0.3 is 5.73 Å². The van der Waals surface area contributed by atoms with Crippen LogP contribution in [-0.2, 0) is 6.42 Å². The molecule has 0 spiro atoms. The molecule has 3 rings (SSSR count). The van der Waals surface area contributed by atoms with E-state index in [4.69, 9.17) is 17.3 Å². The topological polar surface area (TPSA) is 26.0 Å². The van der Waals surface area contributed by atoms with E-state index < -0.39 is 0 Å². The Balaban J connectivity index is 1.91. The highest BCUT2D eigenvalue weighted by molar-refractivity contribution is 7.17. The molecule has 0 bridgehead atoms. The van der Waals surface area contributed by atoms with Gasteiger partial charge in [0.2, 0.25) is 0 Å². The fourth-order valence-electron chi connectivity index (χ4n) is 2.31. The van der Waals surface area contributed by atoms with Crippen molar-refractivity contribution in [3.8, 4) is 0 Å². The standard InChI is InChI=1S/C16H14ClNS/c17-14-7-3-1-6-13(14)15(18)9-11-10-19-16-8-4-2-5-12(11)16/h1-8,10,15H,9,18H2. The first-order valence-corrected chi connectivity index (χ1v) is 7.46. The summed E-state index contributed by atoms with van der Waals surface area (Å²) in [4.78, 5) is 0. The van der Waals surface area contributed by atoms with E-state index in [0.717, 1.165) is 17.0 Å². The Labute approximate surface area is 121 Å². The zero-order chi connectivity index (χ0) is 13.2. The predicted octanol–water partition coefficient (Wildman–Crippen LogP) is 4.80. The van der Waals surface area contributed by atoms with Crippen LogP contribution in [0.5, 0.6) is 0 Å². The van der Waals surface area contributed by atoms with Crippen LogP contribution in [0, 0.1) is 0 Å². The molecule has 0 radical (unpaired) electrons. The van der Waals surface area contributed by atoms with E-state index in [0.29, 0.717) is 0 Å². The molecule has 1 aromatic heterocycles. The van der Waals surface area contributed by atoms with Crippen molar-refractivity contribution in [2.45, 2.75) is 12.5 Å². The SMILES string of the molecule is NC(Cc1csc2ccccc12)c1ccccc1Cl. The quantitative estimate of drug-likeness (QED) is 0.736. The average molecular weight is 288 g/mol. The number of nitrogens with two attached hydrogens (primary N) is 1. The number of thiophene rings is 1. The lowest BCUT2D eigenvalue weighted by Crippen LogP contribution is -2.13. The number of fused-ring (bicyclic) bond motifs is 1. The minimum Gasteiger partial charge on any atom is -0.324 e. The van der Waals surface area contributed by atoms with E-state index >= 15 is 0 Å². The third-order valence-corrected chi connectivity index (χ3v) is 4.66. The van der Waals surface area contributed by atoms with Crippen LogP contribution in [0.15, 0.2) is 53.9 Å². The molecule has 1 atom stereocenters. The summed E-state index contributed by atoms with van der Waals surface area (Å²) in [6.07, 6.45) is 0.813. The number of hydrogen-bond donors (Lipinski definition) is 1. The summed E-state index contributed by atoms with van der Waals surface area (Å²) in [6.45, 7) is 0. The molecule has 0 aliphatic carbocycles. The fourth-order valence-corrected chi connectivity index (χ4v) is 3.57. The van der Waals surface area contributed by atoms with Crippen molar-refractivity contribution in [1.29, 1.82) is 0 Å². The van der Waals surface area contributed by atoms with Gasteiger partial charge in [-0.25, -0.2) is 0 Å². The normalized spacial score (nSPS) is 12.7. The second-order valence-electron chi connectivity index (χ2n) is 4.59.